The van der Waals surface area contributed by atoms with Gasteiger partial charge in [-0.05, 0) is 34.1 Å². The summed E-state index contributed by atoms with van der Waals surface area (Å²) < 4.78 is 11.5. The predicted molar refractivity (Wildman–Crippen MR) is 84.4 cm³/mol. The van der Waals surface area contributed by atoms with E-state index < -0.39 is 0 Å². The molecule has 0 fully saturated rings. The maximum Gasteiger partial charge on any atom is 0.195 e. The van der Waals surface area contributed by atoms with Crippen LogP contribution in [0.1, 0.15) is 15.9 Å². The standard InChI is InChI=1S/C15H11BrClNO3/c16-14-8(2-1-3-11(14)18)15(19)9-6-12-13(7-10(9)17)21-5-4-20-12/h1-3,6-7H,4-5,18H2. The summed E-state index contributed by atoms with van der Waals surface area (Å²) in [5.41, 5.74) is 7.11. The fraction of sp³-hybridized carbons (Fsp3) is 0.133. The van der Waals surface area contributed by atoms with E-state index in [1.54, 1.807) is 30.3 Å². The summed E-state index contributed by atoms with van der Waals surface area (Å²) >= 11 is 9.53. The molecule has 108 valence electrons. The Labute approximate surface area is 134 Å². The number of carbonyl (C=O) groups is 1. The third-order valence-corrected chi connectivity index (χ3v) is 4.35. The molecule has 1 aliphatic heterocycles. The second kappa shape index (κ2) is 5.58. The van der Waals surface area contributed by atoms with Crippen molar-refractivity contribution in [1.82, 2.24) is 0 Å². The minimum atomic E-state index is -0.226. The average molecular weight is 369 g/mol. The number of hydrogen-bond acceptors (Lipinski definition) is 4. The Morgan fingerprint density at radius 1 is 1.14 bits per heavy atom. The highest BCUT2D eigenvalue weighted by Gasteiger charge is 2.21. The van der Waals surface area contributed by atoms with Gasteiger partial charge in [0, 0.05) is 22.9 Å². The number of ether oxygens (including phenoxy) is 2. The number of hydrogen-bond donors (Lipinski definition) is 1. The lowest BCUT2D eigenvalue weighted by atomic mass is 10.0. The van der Waals surface area contributed by atoms with E-state index in [0.717, 1.165) is 0 Å². The van der Waals surface area contributed by atoms with E-state index in [4.69, 9.17) is 26.8 Å². The van der Waals surface area contributed by atoms with Gasteiger partial charge in [-0.25, -0.2) is 0 Å². The molecule has 0 amide bonds. The van der Waals surface area contributed by atoms with Gasteiger partial charge in [0.2, 0.25) is 0 Å². The number of nitrogen functional groups attached to an aromatic ring is 1. The van der Waals surface area contributed by atoms with Crippen molar-refractivity contribution in [1.29, 1.82) is 0 Å². The van der Waals surface area contributed by atoms with Crippen molar-refractivity contribution in [2.75, 3.05) is 18.9 Å². The van der Waals surface area contributed by atoms with E-state index in [9.17, 15) is 4.79 Å². The number of halogens is 2. The van der Waals surface area contributed by atoms with Crippen LogP contribution in [0.2, 0.25) is 5.02 Å². The number of ketones is 1. The fourth-order valence-electron chi connectivity index (χ4n) is 2.11. The Bertz CT molecular complexity index is 733. The molecular formula is C15H11BrClNO3. The first-order chi connectivity index (χ1) is 10.1. The molecule has 0 atom stereocenters. The Morgan fingerprint density at radius 2 is 1.81 bits per heavy atom. The minimum Gasteiger partial charge on any atom is -0.486 e. The van der Waals surface area contributed by atoms with Gasteiger partial charge in [-0.15, -0.1) is 0 Å². The van der Waals surface area contributed by atoms with Crippen LogP contribution in [-0.2, 0) is 0 Å². The molecule has 0 spiro atoms. The van der Waals surface area contributed by atoms with Crippen LogP contribution in [0, 0.1) is 0 Å². The molecule has 21 heavy (non-hydrogen) atoms. The van der Waals surface area contributed by atoms with E-state index in [2.05, 4.69) is 15.9 Å². The molecule has 1 heterocycles. The van der Waals surface area contributed by atoms with Crippen molar-refractivity contribution < 1.29 is 14.3 Å². The van der Waals surface area contributed by atoms with Gasteiger partial charge in [-0.3, -0.25) is 4.79 Å². The topological polar surface area (TPSA) is 61.6 Å². The number of carbonyl (C=O) groups excluding carboxylic acids is 1. The Morgan fingerprint density at radius 3 is 2.52 bits per heavy atom. The number of fused-ring (bicyclic) bond motifs is 1. The van der Waals surface area contributed by atoms with E-state index in [1.165, 1.54) is 0 Å². The van der Waals surface area contributed by atoms with Crippen molar-refractivity contribution in [2.24, 2.45) is 0 Å². The van der Waals surface area contributed by atoms with Crippen LogP contribution in [0.25, 0.3) is 0 Å². The second-order valence-electron chi connectivity index (χ2n) is 4.51. The lowest BCUT2D eigenvalue weighted by molar-refractivity contribution is 0.103. The lowest BCUT2D eigenvalue weighted by Crippen LogP contribution is -2.16. The highest BCUT2D eigenvalue weighted by molar-refractivity contribution is 9.10. The summed E-state index contributed by atoms with van der Waals surface area (Å²) in [4.78, 5) is 12.7. The summed E-state index contributed by atoms with van der Waals surface area (Å²) in [6.07, 6.45) is 0. The van der Waals surface area contributed by atoms with Crippen molar-refractivity contribution in [3.63, 3.8) is 0 Å². The van der Waals surface area contributed by atoms with Crippen molar-refractivity contribution in [2.45, 2.75) is 0 Å². The number of nitrogens with two attached hydrogens (primary N) is 1. The normalized spacial score (nSPS) is 13.0. The summed E-state index contributed by atoms with van der Waals surface area (Å²) in [5.74, 6) is 0.847. The molecule has 6 heteroatoms. The predicted octanol–water partition coefficient (Wildman–Crippen LogP) is 3.69. The fourth-order valence-corrected chi connectivity index (χ4v) is 2.79. The first kappa shape index (κ1) is 14.2. The zero-order valence-corrected chi connectivity index (χ0v) is 13.2. The smallest absolute Gasteiger partial charge is 0.195 e. The molecule has 2 aromatic rings. The summed E-state index contributed by atoms with van der Waals surface area (Å²) in [6, 6.07) is 8.33. The van der Waals surface area contributed by atoms with Crippen molar-refractivity contribution in [3.05, 3.63) is 51.0 Å². The molecule has 0 saturated carbocycles. The third kappa shape index (κ3) is 2.59. The van der Waals surface area contributed by atoms with E-state index in [0.29, 0.717) is 51.0 Å². The first-order valence-corrected chi connectivity index (χ1v) is 7.43. The summed E-state index contributed by atoms with van der Waals surface area (Å²) in [5, 5.41) is 0.318. The van der Waals surface area contributed by atoms with Crippen LogP contribution in [0.3, 0.4) is 0 Å². The van der Waals surface area contributed by atoms with E-state index in [1.807, 2.05) is 0 Å². The van der Waals surface area contributed by atoms with Crippen molar-refractivity contribution >= 4 is 39.0 Å². The van der Waals surface area contributed by atoms with Gasteiger partial charge in [-0.1, -0.05) is 17.7 Å². The second-order valence-corrected chi connectivity index (χ2v) is 5.71. The van der Waals surface area contributed by atoms with E-state index >= 15 is 0 Å². The van der Waals surface area contributed by atoms with Gasteiger partial charge >= 0.3 is 0 Å². The largest absolute Gasteiger partial charge is 0.486 e. The molecule has 0 radical (unpaired) electrons. The molecule has 2 aromatic carbocycles. The molecule has 0 aromatic heterocycles. The number of benzene rings is 2. The maximum absolute atomic E-state index is 12.7. The van der Waals surface area contributed by atoms with E-state index in [-0.39, 0.29) is 5.78 Å². The van der Waals surface area contributed by atoms with Crippen LogP contribution in [0.5, 0.6) is 11.5 Å². The number of rotatable bonds is 2. The van der Waals surface area contributed by atoms with Gasteiger partial charge < -0.3 is 15.2 Å². The highest BCUT2D eigenvalue weighted by Crippen LogP contribution is 2.37. The monoisotopic (exact) mass is 367 g/mol. The van der Waals surface area contributed by atoms with Gasteiger partial charge in [0.1, 0.15) is 13.2 Å². The molecular weight excluding hydrogens is 358 g/mol. The summed E-state index contributed by atoms with van der Waals surface area (Å²) in [7, 11) is 0. The molecule has 0 saturated heterocycles. The van der Waals surface area contributed by atoms with Crippen molar-refractivity contribution in [3.8, 4) is 11.5 Å². The summed E-state index contributed by atoms with van der Waals surface area (Å²) in [6.45, 7) is 0.918. The Kier molecular flexibility index (Phi) is 3.78. The first-order valence-electron chi connectivity index (χ1n) is 6.26. The maximum atomic E-state index is 12.7. The molecule has 4 nitrogen and oxygen atoms in total. The van der Waals surface area contributed by atoms with Gasteiger partial charge in [0.15, 0.2) is 17.3 Å². The average Bonchev–Trinajstić information content (AvgIpc) is 2.48. The quantitative estimate of drug-likeness (QED) is 0.649. The van der Waals surface area contributed by atoms with Gasteiger partial charge in [0.25, 0.3) is 0 Å². The molecule has 0 aliphatic carbocycles. The molecule has 0 bridgehead atoms. The third-order valence-electron chi connectivity index (χ3n) is 3.15. The van der Waals surface area contributed by atoms with Gasteiger partial charge in [-0.2, -0.15) is 0 Å². The highest BCUT2D eigenvalue weighted by atomic mass is 79.9. The zero-order valence-electron chi connectivity index (χ0n) is 10.9. The molecule has 0 unspecified atom stereocenters. The van der Waals surface area contributed by atoms with Crippen LogP contribution in [-0.4, -0.2) is 19.0 Å². The lowest BCUT2D eigenvalue weighted by Gasteiger charge is -2.19. The molecule has 1 aliphatic rings. The van der Waals surface area contributed by atoms with Crippen LogP contribution in [0.15, 0.2) is 34.8 Å². The van der Waals surface area contributed by atoms with Crippen LogP contribution in [0.4, 0.5) is 5.69 Å². The van der Waals surface area contributed by atoms with Gasteiger partial charge in [0.05, 0.1) is 9.50 Å². The van der Waals surface area contributed by atoms with Crippen LogP contribution >= 0.6 is 27.5 Å². The molecule has 2 N–H and O–H groups in total. The SMILES string of the molecule is Nc1cccc(C(=O)c2cc3c(cc2Cl)OCCO3)c1Br. The van der Waals surface area contributed by atoms with Crippen LogP contribution < -0.4 is 15.2 Å². The number of anilines is 1. The Balaban J connectivity index is 2.07. The molecule has 3 rings (SSSR count). The zero-order chi connectivity index (χ0) is 15.0. The minimum absolute atomic E-state index is 0.226. The Hall–Kier alpha value is -1.72.